The SMILES string of the molecule is COc1ccc(CC(=O)N2CCC3(CC2)CC3C(=O)NCCCc2ccccc2)cc1OC. The number of amides is 2. The maximum atomic E-state index is 12.8. The van der Waals surface area contributed by atoms with Crippen LogP contribution in [0.5, 0.6) is 11.5 Å². The van der Waals surface area contributed by atoms with Crippen LogP contribution in [-0.4, -0.2) is 50.6 Å². The third-order valence-corrected chi connectivity index (χ3v) is 7.21. The molecule has 176 valence electrons. The molecule has 6 nitrogen and oxygen atoms in total. The zero-order valence-corrected chi connectivity index (χ0v) is 19.6. The van der Waals surface area contributed by atoms with E-state index in [4.69, 9.17) is 9.47 Å². The minimum atomic E-state index is 0.101. The van der Waals surface area contributed by atoms with Gasteiger partial charge in [0.05, 0.1) is 20.6 Å². The predicted molar refractivity (Wildman–Crippen MR) is 127 cm³/mol. The molecule has 1 unspecified atom stereocenters. The third kappa shape index (κ3) is 5.49. The molecular formula is C27H34N2O4. The van der Waals surface area contributed by atoms with Gasteiger partial charge in [0.2, 0.25) is 11.8 Å². The summed E-state index contributed by atoms with van der Waals surface area (Å²) in [6.07, 6.45) is 5.05. The Morgan fingerprint density at radius 2 is 1.73 bits per heavy atom. The number of methoxy groups -OCH3 is 2. The van der Waals surface area contributed by atoms with E-state index in [0.717, 1.165) is 57.3 Å². The molecule has 0 radical (unpaired) electrons. The van der Waals surface area contributed by atoms with Gasteiger partial charge in [-0.05, 0) is 60.8 Å². The van der Waals surface area contributed by atoms with Crippen LogP contribution in [-0.2, 0) is 22.4 Å². The number of likely N-dealkylation sites (tertiary alicyclic amines) is 1. The van der Waals surface area contributed by atoms with E-state index in [-0.39, 0.29) is 23.1 Å². The van der Waals surface area contributed by atoms with Crippen molar-refractivity contribution in [1.29, 1.82) is 0 Å². The fraction of sp³-hybridized carbons (Fsp3) is 0.481. The van der Waals surface area contributed by atoms with E-state index in [0.29, 0.717) is 17.9 Å². The minimum absolute atomic E-state index is 0.101. The first-order valence-corrected chi connectivity index (χ1v) is 11.8. The lowest BCUT2D eigenvalue weighted by atomic mass is 9.90. The standard InChI is InChI=1S/C27H34N2O4/c1-32-23-11-10-21(17-24(23)33-2)18-25(30)29-15-12-27(13-16-29)19-22(27)26(31)28-14-6-9-20-7-4-3-5-8-20/h3-5,7-8,10-11,17,22H,6,9,12-16,18-19H2,1-2H3,(H,28,31). The van der Waals surface area contributed by atoms with Crippen LogP contribution in [0.3, 0.4) is 0 Å². The first-order valence-electron chi connectivity index (χ1n) is 11.8. The molecule has 2 fully saturated rings. The second-order valence-corrected chi connectivity index (χ2v) is 9.25. The quantitative estimate of drug-likeness (QED) is 0.593. The Labute approximate surface area is 196 Å². The van der Waals surface area contributed by atoms with Crippen molar-refractivity contribution in [3.05, 3.63) is 59.7 Å². The Kier molecular flexibility index (Phi) is 7.21. The topological polar surface area (TPSA) is 67.9 Å². The van der Waals surface area contributed by atoms with E-state index in [1.54, 1.807) is 14.2 Å². The molecule has 1 saturated carbocycles. The van der Waals surface area contributed by atoms with Crippen molar-refractivity contribution in [2.24, 2.45) is 11.3 Å². The summed E-state index contributed by atoms with van der Waals surface area (Å²) in [6.45, 7) is 2.17. The van der Waals surface area contributed by atoms with Gasteiger partial charge < -0.3 is 19.7 Å². The van der Waals surface area contributed by atoms with Crippen molar-refractivity contribution in [2.45, 2.75) is 38.5 Å². The third-order valence-electron chi connectivity index (χ3n) is 7.21. The second-order valence-electron chi connectivity index (χ2n) is 9.25. The number of nitrogens with one attached hydrogen (secondary N) is 1. The van der Waals surface area contributed by atoms with Crippen molar-refractivity contribution in [3.8, 4) is 11.5 Å². The lowest BCUT2D eigenvalue weighted by Crippen LogP contribution is -2.41. The number of piperidine rings is 1. The summed E-state index contributed by atoms with van der Waals surface area (Å²) in [6, 6.07) is 16.0. The summed E-state index contributed by atoms with van der Waals surface area (Å²) in [5.41, 5.74) is 2.32. The lowest BCUT2D eigenvalue weighted by molar-refractivity contribution is -0.132. The van der Waals surface area contributed by atoms with Crippen LogP contribution in [0.1, 0.15) is 36.8 Å². The summed E-state index contributed by atoms with van der Waals surface area (Å²) >= 11 is 0. The van der Waals surface area contributed by atoms with Crippen molar-refractivity contribution >= 4 is 11.8 Å². The highest BCUT2D eigenvalue weighted by atomic mass is 16.5. The van der Waals surface area contributed by atoms with Gasteiger partial charge in [-0.25, -0.2) is 0 Å². The minimum Gasteiger partial charge on any atom is -0.493 e. The van der Waals surface area contributed by atoms with E-state index in [2.05, 4.69) is 17.4 Å². The average Bonchev–Trinajstić information content (AvgIpc) is 3.55. The Morgan fingerprint density at radius 3 is 2.42 bits per heavy atom. The summed E-state index contributed by atoms with van der Waals surface area (Å²) < 4.78 is 10.6. The number of hydrogen-bond donors (Lipinski definition) is 1. The summed E-state index contributed by atoms with van der Waals surface area (Å²) in [4.78, 5) is 27.4. The first-order chi connectivity index (χ1) is 16.0. The Bertz CT molecular complexity index is 967. The molecule has 4 rings (SSSR count). The maximum absolute atomic E-state index is 12.8. The maximum Gasteiger partial charge on any atom is 0.226 e. The predicted octanol–water partition coefficient (Wildman–Crippen LogP) is 3.62. The van der Waals surface area contributed by atoms with Gasteiger partial charge in [0.15, 0.2) is 11.5 Å². The highest BCUT2D eigenvalue weighted by molar-refractivity contribution is 5.83. The number of carbonyl (C=O) groups is 2. The monoisotopic (exact) mass is 450 g/mol. The van der Waals surface area contributed by atoms with E-state index in [1.807, 2.05) is 41.3 Å². The molecule has 1 spiro atoms. The summed E-state index contributed by atoms with van der Waals surface area (Å²) in [5.74, 6) is 1.72. The van der Waals surface area contributed by atoms with Gasteiger partial charge in [-0.2, -0.15) is 0 Å². The molecular weight excluding hydrogens is 416 g/mol. The van der Waals surface area contributed by atoms with E-state index >= 15 is 0 Å². The molecule has 1 N–H and O–H groups in total. The van der Waals surface area contributed by atoms with Crippen LogP contribution in [0, 0.1) is 11.3 Å². The fourth-order valence-corrected chi connectivity index (χ4v) is 5.02. The van der Waals surface area contributed by atoms with Gasteiger partial charge in [-0.3, -0.25) is 9.59 Å². The molecule has 2 aromatic rings. The van der Waals surface area contributed by atoms with Gasteiger partial charge in [0, 0.05) is 25.6 Å². The first kappa shape index (κ1) is 23.1. The van der Waals surface area contributed by atoms with Gasteiger partial charge in [0.1, 0.15) is 0 Å². The highest BCUT2D eigenvalue weighted by Crippen LogP contribution is 2.59. The summed E-state index contributed by atoms with van der Waals surface area (Å²) in [5, 5.41) is 3.13. The molecule has 1 saturated heterocycles. The molecule has 1 atom stereocenters. The van der Waals surface area contributed by atoms with Crippen LogP contribution < -0.4 is 14.8 Å². The number of aryl methyl sites for hydroxylation is 1. The molecule has 6 heteroatoms. The van der Waals surface area contributed by atoms with Crippen molar-refractivity contribution < 1.29 is 19.1 Å². The van der Waals surface area contributed by atoms with Gasteiger partial charge in [-0.15, -0.1) is 0 Å². The summed E-state index contributed by atoms with van der Waals surface area (Å²) in [7, 11) is 3.20. The zero-order valence-electron chi connectivity index (χ0n) is 19.6. The van der Waals surface area contributed by atoms with E-state index in [9.17, 15) is 9.59 Å². The van der Waals surface area contributed by atoms with Gasteiger partial charge in [0.25, 0.3) is 0 Å². The molecule has 2 aromatic carbocycles. The van der Waals surface area contributed by atoms with Crippen LogP contribution >= 0.6 is 0 Å². The number of nitrogens with zero attached hydrogens (tertiary/aromatic N) is 1. The Balaban J connectivity index is 1.19. The molecule has 33 heavy (non-hydrogen) atoms. The van der Waals surface area contributed by atoms with Crippen molar-refractivity contribution in [1.82, 2.24) is 10.2 Å². The normalized spacial score (nSPS) is 18.6. The zero-order chi connectivity index (χ0) is 23.3. The molecule has 2 amide bonds. The smallest absolute Gasteiger partial charge is 0.226 e. The number of rotatable bonds is 9. The number of hydrogen-bond acceptors (Lipinski definition) is 4. The van der Waals surface area contributed by atoms with Gasteiger partial charge >= 0.3 is 0 Å². The number of ether oxygens (including phenoxy) is 2. The van der Waals surface area contributed by atoms with Crippen molar-refractivity contribution in [2.75, 3.05) is 33.9 Å². The van der Waals surface area contributed by atoms with Gasteiger partial charge in [-0.1, -0.05) is 36.4 Å². The Hall–Kier alpha value is -3.02. The molecule has 0 bridgehead atoms. The molecule has 1 aliphatic carbocycles. The van der Waals surface area contributed by atoms with Crippen LogP contribution in [0.25, 0.3) is 0 Å². The van der Waals surface area contributed by atoms with Crippen molar-refractivity contribution in [3.63, 3.8) is 0 Å². The van der Waals surface area contributed by atoms with Crippen LogP contribution in [0.4, 0.5) is 0 Å². The average molecular weight is 451 g/mol. The molecule has 0 aromatic heterocycles. The van der Waals surface area contributed by atoms with E-state index in [1.165, 1.54) is 5.56 Å². The van der Waals surface area contributed by atoms with Crippen LogP contribution in [0.15, 0.2) is 48.5 Å². The molecule has 2 aliphatic rings. The van der Waals surface area contributed by atoms with E-state index < -0.39 is 0 Å². The lowest BCUT2D eigenvalue weighted by Gasteiger charge is -2.33. The number of benzene rings is 2. The van der Waals surface area contributed by atoms with Crippen LogP contribution in [0.2, 0.25) is 0 Å². The number of carbonyl (C=O) groups excluding carboxylic acids is 2. The Morgan fingerprint density at radius 1 is 1.00 bits per heavy atom. The second kappa shape index (κ2) is 10.3. The molecule has 1 heterocycles. The largest absolute Gasteiger partial charge is 0.493 e. The fourth-order valence-electron chi connectivity index (χ4n) is 5.02. The highest BCUT2D eigenvalue weighted by Gasteiger charge is 2.58. The molecule has 1 aliphatic heterocycles.